The van der Waals surface area contributed by atoms with E-state index in [0.717, 1.165) is 45.5 Å². The minimum atomic E-state index is -0.197. The summed E-state index contributed by atoms with van der Waals surface area (Å²) in [6, 6.07) is 30.7. The molecule has 2 aliphatic rings. The van der Waals surface area contributed by atoms with Crippen molar-refractivity contribution < 1.29 is 4.74 Å². The van der Waals surface area contributed by atoms with E-state index >= 15 is 0 Å². The standard InChI is InChI=1S/C36H35N7O/c1-6-44-27-20-18-26(19-21-27)38-33-35-40-34-31(23(2)41-43(34)30-13-9-10-22-37-30)32(24-14-16-25(17-15-24)36(3,4)5)42(35)29-12-8-7-11-28(29)39-33/h7-22,32H,6H2,1-5H3,(H,38,39)/t32-/m0/s1. The lowest BCUT2D eigenvalue weighted by Crippen LogP contribution is -2.46. The van der Waals surface area contributed by atoms with E-state index < -0.39 is 0 Å². The highest BCUT2D eigenvalue weighted by Crippen LogP contribution is 2.48. The van der Waals surface area contributed by atoms with E-state index in [1.54, 1.807) is 6.20 Å². The summed E-state index contributed by atoms with van der Waals surface area (Å²) in [6.07, 6.45) is 1.78. The minimum absolute atomic E-state index is 0.0435. The number of rotatable bonds is 5. The summed E-state index contributed by atoms with van der Waals surface area (Å²) >= 11 is 0. The number of aliphatic imine (C=N–C) groups is 2. The second kappa shape index (κ2) is 10.8. The first-order chi connectivity index (χ1) is 21.3. The molecule has 0 fully saturated rings. The molecule has 0 radical (unpaired) electrons. The molecule has 220 valence electrons. The lowest BCUT2D eigenvalue weighted by molar-refractivity contribution is 0.340. The summed E-state index contributed by atoms with van der Waals surface area (Å²) in [5.74, 6) is 3.65. The van der Waals surface area contributed by atoms with Gasteiger partial charge in [-0.05, 0) is 78.9 Å². The molecule has 8 nitrogen and oxygen atoms in total. The van der Waals surface area contributed by atoms with Gasteiger partial charge in [-0.25, -0.2) is 15.0 Å². The summed E-state index contributed by atoms with van der Waals surface area (Å²) in [7, 11) is 0. The van der Waals surface area contributed by atoms with Gasteiger partial charge in [0, 0.05) is 17.4 Å². The van der Waals surface area contributed by atoms with Gasteiger partial charge < -0.3 is 15.0 Å². The predicted octanol–water partition coefficient (Wildman–Crippen LogP) is 8.07. The molecule has 8 heteroatoms. The first kappa shape index (κ1) is 27.6. The smallest absolute Gasteiger partial charge is 0.179 e. The number of aromatic nitrogens is 3. The fraction of sp³-hybridized carbons (Fsp3) is 0.222. The number of pyridine rings is 1. The maximum absolute atomic E-state index is 5.67. The van der Waals surface area contributed by atoms with Crippen molar-refractivity contribution in [2.24, 2.45) is 9.98 Å². The van der Waals surface area contributed by atoms with Crippen LogP contribution < -0.4 is 15.0 Å². The zero-order valence-electron chi connectivity index (χ0n) is 25.6. The second-order valence-electron chi connectivity index (χ2n) is 12.0. The zero-order valence-corrected chi connectivity index (χ0v) is 25.6. The van der Waals surface area contributed by atoms with Crippen molar-refractivity contribution in [3.63, 3.8) is 0 Å². The van der Waals surface area contributed by atoms with E-state index in [0.29, 0.717) is 24.1 Å². The molecule has 2 aliphatic heterocycles. The average Bonchev–Trinajstić information content (AvgIpc) is 3.37. The van der Waals surface area contributed by atoms with Crippen LogP contribution in [-0.4, -0.2) is 33.0 Å². The van der Waals surface area contributed by atoms with Crippen LogP contribution in [0.3, 0.4) is 0 Å². The monoisotopic (exact) mass is 581 g/mol. The molecule has 4 heterocycles. The van der Waals surface area contributed by atoms with Crippen molar-refractivity contribution in [2.75, 3.05) is 16.8 Å². The number of hydrogen-bond acceptors (Lipinski definition) is 7. The highest BCUT2D eigenvalue weighted by molar-refractivity contribution is 6.51. The maximum Gasteiger partial charge on any atom is 0.179 e. The van der Waals surface area contributed by atoms with Crippen LogP contribution >= 0.6 is 0 Å². The van der Waals surface area contributed by atoms with Gasteiger partial charge in [0.05, 0.1) is 29.7 Å². The van der Waals surface area contributed by atoms with Crippen LogP contribution in [0.15, 0.2) is 107 Å². The molecule has 0 amide bonds. The Balaban J connectivity index is 1.43. The first-order valence-corrected chi connectivity index (χ1v) is 15.0. The SMILES string of the molecule is CCOc1ccc(NC2=Nc3ccccc3N3C2=Nc2c(c(C)nn2-c2ccccn2)[C@@H]3c2ccc(C(C)(C)C)cc2)cc1. The molecule has 44 heavy (non-hydrogen) atoms. The molecule has 1 atom stereocenters. The molecule has 3 aromatic carbocycles. The zero-order chi connectivity index (χ0) is 30.4. The average molecular weight is 582 g/mol. The molecule has 7 rings (SSSR count). The fourth-order valence-corrected chi connectivity index (χ4v) is 5.86. The molecule has 0 saturated heterocycles. The van der Waals surface area contributed by atoms with Crippen LogP contribution in [0.4, 0.5) is 22.9 Å². The van der Waals surface area contributed by atoms with Gasteiger partial charge in [0.1, 0.15) is 5.75 Å². The Morgan fingerprint density at radius 1 is 0.864 bits per heavy atom. The van der Waals surface area contributed by atoms with Gasteiger partial charge in [0.2, 0.25) is 0 Å². The first-order valence-electron chi connectivity index (χ1n) is 15.0. The molecule has 5 aromatic rings. The molecular weight excluding hydrogens is 546 g/mol. The summed E-state index contributed by atoms with van der Waals surface area (Å²) in [5, 5.41) is 8.56. The van der Waals surface area contributed by atoms with E-state index in [4.69, 9.17) is 19.8 Å². The van der Waals surface area contributed by atoms with Gasteiger partial charge in [-0.15, -0.1) is 0 Å². The number of hydrogen-bond donors (Lipinski definition) is 1. The Labute approximate surface area is 257 Å². The van der Waals surface area contributed by atoms with Gasteiger partial charge in [-0.1, -0.05) is 63.2 Å². The molecule has 0 unspecified atom stereocenters. The van der Waals surface area contributed by atoms with Gasteiger partial charge in [-0.3, -0.25) is 0 Å². The summed E-state index contributed by atoms with van der Waals surface area (Å²) in [4.78, 5) is 17.3. The van der Waals surface area contributed by atoms with Crippen LogP contribution in [0.25, 0.3) is 5.82 Å². The number of fused-ring (bicyclic) bond motifs is 4. The number of nitrogens with zero attached hydrogens (tertiary/aromatic N) is 6. The van der Waals surface area contributed by atoms with Crippen molar-refractivity contribution in [3.8, 4) is 11.6 Å². The fourth-order valence-electron chi connectivity index (χ4n) is 5.86. The van der Waals surface area contributed by atoms with Crippen molar-refractivity contribution in [1.82, 2.24) is 14.8 Å². The molecule has 0 aliphatic carbocycles. The van der Waals surface area contributed by atoms with Crippen molar-refractivity contribution >= 4 is 34.6 Å². The van der Waals surface area contributed by atoms with E-state index in [2.05, 4.69) is 79.3 Å². The summed E-state index contributed by atoms with van der Waals surface area (Å²) in [5.41, 5.74) is 7.17. The lowest BCUT2D eigenvalue weighted by atomic mass is 9.85. The third-order valence-corrected chi connectivity index (χ3v) is 8.03. The number of benzene rings is 3. The van der Waals surface area contributed by atoms with E-state index in [-0.39, 0.29) is 11.5 Å². The normalized spacial score (nSPS) is 15.5. The van der Waals surface area contributed by atoms with Gasteiger partial charge in [0.25, 0.3) is 0 Å². The Morgan fingerprint density at radius 2 is 1.61 bits per heavy atom. The third kappa shape index (κ3) is 4.82. The number of nitrogens with one attached hydrogen (secondary N) is 1. The molecule has 2 aromatic heterocycles. The largest absolute Gasteiger partial charge is 0.494 e. The molecule has 0 saturated carbocycles. The quantitative estimate of drug-likeness (QED) is 0.227. The van der Waals surface area contributed by atoms with Gasteiger partial charge in [-0.2, -0.15) is 9.78 Å². The summed E-state index contributed by atoms with van der Waals surface area (Å²) in [6.45, 7) is 11.4. The van der Waals surface area contributed by atoms with Crippen molar-refractivity contribution in [2.45, 2.75) is 46.1 Å². The Kier molecular flexibility index (Phi) is 6.77. The van der Waals surface area contributed by atoms with Gasteiger partial charge >= 0.3 is 0 Å². The topological polar surface area (TPSA) is 79.9 Å². The Bertz CT molecular complexity index is 1880. The number of para-hydroxylation sites is 2. The Hall–Kier alpha value is -5.24. The van der Waals surface area contributed by atoms with Crippen LogP contribution in [0.2, 0.25) is 0 Å². The molecule has 1 N–H and O–H groups in total. The Morgan fingerprint density at radius 3 is 2.32 bits per heavy atom. The lowest BCUT2D eigenvalue weighted by Gasteiger charge is -2.40. The van der Waals surface area contributed by atoms with Gasteiger partial charge in [0.15, 0.2) is 23.3 Å². The van der Waals surface area contributed by atoms with E-state index in [1.165, 1.54) is 5.56 Å². The highest BCUT2D eigenvalue weighted by Gasteiger charge is 2.41. The van der Waals surface area contributed by atoms with Crippen LogP contribution in [0, 0.1) is 6.92 Å². The maximum atomic E-state index is 5.67. The molecular formula is C36H35N7O. The van der Waals surface area contributed by atoms with Crippen LogP contribution in [0.1, 0.15) is 56.1 Å². The van der Waals surface area contributed by atoms with Crippen molar-refractivity contribution in [1.29, 1.82) is 0 Å². The highest BCUT2D eigenvalue weighted by atomic mass is 16.5. The van der Waals surface area contributed by atoms with Crippen LogP contribution in [-0.2, 0) is 5.41 Å². The predicted molar refractivity (Wildman–Crippen MR) is 177 cm³/mol. The number of anilines is 2. The van der Waals surface area contributed by atoms with E-state index in [1.807, 2.05) is 66.2 Å². The molecule has 0 spiro atoms. The summed E-state index contributed by atoms with van der Waals surface area (Å²) < 4.78 is 7.51. The van der Waals surface area contributed by atoms with Crippen LogP contribution in [0.5, 0.6) is 5.75 Å². The second-order valence-corrected chi connectivity index (χ2v) is 12.0. The minimum Gasteiger partial charge on any atom is -0.494 e. The number of aryl methyl sites for hydroxylation is 1. The number of amidine groups is 2. The van der Waals surface area contributed by atoms with E-state index in [9.17, 15) is 0 Å². The third-order valence-electron chi connectivity index (χ3n) is 8.03. The number of ether oxygens (including phenoxy) is 1. The molecule has 0 bridgehead atoms. The van der Waals surface area contributed by atoms with Crippen molar-refractivity contribution in [3.05, 3.63) is 120 Å².